The van der Waals surface area contributed by atoms with Gasteiger partial charge in [-0.05, 0) is 50.2 Å². The number of carbonyl (C=O) groups excluding carboxylic acids is 1. The van der Waals surface area contributed by atoms with Gasteiger partial charge in [0.1, 0.15) is 5.75 Å². The van der Waals surface area contributed by atoms with Crippen molar-refractivity contribution >= 4 is 16.9 Å². The van der Waals surface area contributed by atoms with E-state index >= 15 is 0 Å². The van der Waals surface area contributed by atoms with Crippen LogP contribution in [-0.2, 0) is 4.74 Å². The topological polar surface area (TPSA) is 70.4 Å². The number of aromatic nitrogens is 2. The molecule has 0 aliphatic heterocycles. The Hall–Kier alpha value is -3.36. The van der Waals surface area contributed by atoms with Gasteiger partial charge < -0.3 is 9.47 Å². The quantitative estimate of drug-likeness (QED) is 0.632. The fourth-order valence-electron chi connectivity index (χ4n) is 2.66. The highest BCUT2D eigenvalue weighted by atomic mass is 19.4. The number of aryl methyl sites for hydroxylation is 1. The van der Waals surface area contributed by atoms with Crippen LogP contribution in [0, 0.1) is 6.92 Å². The van der Waals surface area contributed by atoms with Crippen molar-refractivity contribution in [2.45, 2.75) is 20.2 Å². The third-order valence-electron chi connectivity index (χ3n) is 3.82. The Morgan fingerprint density at radius 3 is 2.43 bits per heavy atom. The van der Waals surface area contributed by atoms with Gasteiger partial charge in [-0.15, -0.1) is 13.2 Å². The van der Waals surface area contributed by atoms with E-state index in [1.54, 1.807) is 32.0 Å². The predicted molar refractivity (Wildman–Crippen MR) is 94.7 cm³/mol. The Balaban J connectivity index is 2.18. The zero-order valence-corrected chi connectivity index (χ0v) is 14.9. The van der Waals surface area contributed by atoms with Crippen LogP contribution >= 0.6 is 0 Å². The molecule has 3 rings (SSSR count). The molecule has 28 heavy (non-hydrogen) atoms. The minimum atomic E-state index is -4.81. The normalized spacial score (nSPS) is 11.5. The molecule has 0 radical (unpaired) electrons. The minimum Gasteiger partial charge on any atom is -0.461 e. The molecule has 146 valence electrons. The van der Waals surface area contributed by atoms with Crippen molar-refractivity contribution in [2.24, 2.45) is 0 Å². The smallest absolute Gasteiger partial charge is 0.461 e. The molecule has 1 aromatic heterocycles. The summed E-state index contributed by atoms with van der Waals surface area (Å²) in [5.41, 5.74) is 0.550. The van der Waals surface area contributed by atoms with Gasteiger partial charge in [0.2, 0.25) is 11.1 Å². The van der Waals surface area contributed by atoms with E-state index in [1.165, 1.54) is 16.8 Å². The summed E-state index contributed by atoms with van der Waals surface area (Å²) in [7, 11) is 0. The maximum atomic E-state index is 12.7. The fourth-order valence-corrected chi connectivity index (χ4v) is 2.66. The third kappa shape index (κ3) is 3.98. The van der Waals surface area contributed by atoms with Crippen LogP contribution < -0.4 is 10.2 Å². The molecule has 0 bridgehead atoms. The number of hydrogen-bond donors (Lipinski definition) is 0. The Morgan fingerprint density at radius 1 is 1.14 bits per heavy atom. The van der Waals surface area contributed by atoms with Crippen LogP contribution in [0.3, 0.4) is 0 Å². The molecule has 0 amide bonds. The number of hydrogen-bond acceptors (Lipinski definition) is 5. The van der Waals surface area contributed by atoms with E-state index in [0.717, 1.165) is 17.7 Å². The van der Waals surface area contributed by atoms with Crippen molar-refractivity contribution < 1.29 is 27.4 Å². The molecule has 3 aromatic rings. The van der Waals surface area contributed by atoms with E-state index in [9.17, 15) is 22.8 Å². The third-order valence-corrected chi connectivity index (χ3v) is 3.82. The standard InChI is InChI=1S/C19H15F3N2O4/c1-3-27-18(26)16-17(25)14-10-11(2)4-9-15(14)24(23-16)12-5-7-13(8-6-12)28-19(20,21)22/h4-10H,3H2,1-2H3. The average molecular weight is 392 g/mol. The van der Waals surface area contributed by atoms with Crippen molar-refractivity contribution in [3.63, 3.8) is 0 Å². The molecule has 0 atom stereocenters. The van der Waals surface area contributed by atoms with Crippen LogP contribution in [0.2, 0.25) is 0 Å². The van der Waals surface area contributed by atoms with Crippen LogP contribution in [0.4, 0.5) is 13.2 Å². The Labute approximate surface area is 157 Å². The molecule has 6 nitrogen and oxygen atoms in total. The summed E-state index contributed by atoms with van der Waals surface area (Å²) < 4.78 is 47.1. The lowest BCUT2D eigenvalue weighted by molar-refractivity contribution is -0.274. The summed E-state index contributed by atoms with van der Waals surface area (Å²) in [6, 6.07) is 9.93. The molecule has 0 fully saturated rings. The molecule has 0 aliphatic carbocycles. The van der Waals surface area contributed by atoms with Crippen molar-refractivity contribution in [3.8, 4) is 11.4 Å². The molecular weight excluding hydrogens is 377 g/mol. The molecule has 0 N–H and O–H groups in total. The number of nitrogens with zero attached hydrogens (tertiary/aromatic N) is 2. The van der Waals surface area contributed by atoms with Crippen LogP contribution in [-0.4, -0.2) is 28.7 Å². The lowest BCUT2D eigenvalue weighted by atomic mass is 10.1. The summed E-state index contributed by atoms with van der Waals surface area (Å²) in [6.07, 6.45) is -4.81. The maximum Gasteiger partial charge on any atom is 0.573 e. The van der Waals surface area contributed by atoms with E-state index in [2.05, 4.69) is 9.84 Å². The molecule has 0 saturated carbocycles. The zero-order chi connectivity index (χ0) is 20.5. The predicted octanol–water partition coefficient (Wildman–Crippen LogP) is 3.77. The largest absolute Gasteiger partial charge is 0.573 e. The first kappa shape index (κ1) is 19.4. The van der Waals surface area contributed by atoms with Gasteiger partial charge >= 0.3 is 12.3 Å². The number of fused-ring (bicyclic) bond motifs is 1. The van der Waals surface area contributed by atoms with Crippen molar-refractivity contribution in [3.05, 3.63) is 63.9 Å². The van der Waals surface area contributed by atoms with E-state index in [-0.39, 0.29) is 12.0 Å². The fraction of sp³-hybridized carbons (Fsp3) is 0.211. The molecule has 0 aliphatic rings. The van der Waals surface area contributed by atoms with Crippen molar-refractivity contribution in [1.29, 1.82) is 0 Å². The van der Waals surface area contributed by atoms with Crippen LogP contribution in [0.5, 0.6) is 5.75 Å². The molecule has 2 aromatic carbocycles. The highest BCUT2D eigenvalue weighted by Crippen LogP contribution is 2.24. The highest BCUT2D eigenvalue weighted by Gasteiger charge is 2.31. The first-order chi connectivity index (χ1) is 13.2. The van der Waals surface area contributed by atoms with Gasteiger partial charge in [-0.3, -0.25) is 4.79 Å². The molecule has 0 spiro atoms. The van der Waals surface area contributed by atoms with E-state index in [4.69, 9.17) is 4.74 Å². The van der Waals surface area contributed by atoms with Gasteiger partial charge in [-0.25, -0.2) is 9.48 Å². The zero-order valence-electron chi connectivity index (χ0n) is 14.9. The Bertz CT molecular complexity index is 1090. The van der Waals surface area contributed by atoms with E-state index in [0.29, 0.717) is 11.2 Å². The Morgan fingerprint density at radius 2 is 1.82 bits per heavy atom. The first-order valence-corrected chi connectivity index (χ1v) is 8.26. The number of ether oxygens (including phenoxy) is 2. The van der Waals surface area contributed by atoms with Crippen molar-refractivity contribution in [1.82, 2.24) is 9.78 Å². The number of carbonyl (C=O) groups is 1. The second kappa shape index (κ2) is 7.34. The lowest BCUT2D eigenvalue weighted by Gasteiger charge is -2.13. The number of alkyl halides is 3. The molecular formula is C19H15F3N2O4. The average Bonchev–Trinajstić information content (AvgIpc) is 2.62. The summed E-state index contributed by atoms with van der Waals surface area (Å²) in [5, 5.41) is 4.33. The summed E-state index contributed by atoms with van der Waals surface area (Å²) >= 11 is 0. The van der Waals surface area contributed by atoms with Gasteiger partial charge in [-0.1, -0.05) is 11.6 Å². The lowest BCUT2D eigenvalue weighted by Crippen LogP contribution is -2.24. The molecule has 1 heterocycles. The first-order valence-electron chi connectivity index (χ1n) is 8.26. The van der Waals surface area contributed by atoms with Gasteiger partial charge in [-0.2, -0.15) is 5.10 Å². The second-order valence-electron chi connectivity index (χ2n) is 5.87. The van der Waals surface area contributed by atoms with E-state index in [1.807, 2.05) is 0 Å². The number of esters is 1. The molecule has 9 heteroatoms. The number of halogens is 3. The van der Waals surface area contributed by atoms with Crippen LogP contribution in [0.25, 0.3) is 16.6 Å². The van der Waals surface area contributed by atoms with Crippen LogP contribution in [0.1, 0.15) is 23.0 Å². The van der Waals surface area contributed by atoms with Gasteiger partial charge in [0.15, 0.2) is 0 Å². The van der Waals surface area contributed by atoms with Crippen molar-refractivity contribution in [2.75, 3.05) is 6.61 Å². The summed E-state index contributed by atoms with van der Waals surface area (Å²) in [6.45, 7) is 3.45. The molecule has 0 unspecified atom stereocenters. The summed E-state index contributed by atoms with van der Waals surface area (Å²) in [5.74, 6) is -1.27. The second-order valence-corrected chi connectivity index (χ2v) is 5.87. The van der Waals surface area contributed by atoms with E-state index < -0.39 is 29.2 Å². The Kier molecular flexibility index (Phi) is 5.08. The van der Waals surface area contributed by atoms with Gasteiger partial charge in [0.25, 0.3) is 0 Å². The van der Waals surface area contributed by atoms with Gasteiger partial charge in [0.05, 0.1) is 23.2 Å². The summed E-state index contributed by atoms with van der Waals surface area (Å²) in [4.78, 5) is 24.8. The van der Waals surface area contributed by atoms with Crippen LogP contribution in [0.15, 0.2) is 47.3 Å². The maximum absolute atomic E-state index is 12.7. The van der Waals surface area contributed by atoms with Gasteiger partial charge in [0, 0.05) is 0 Å². The number of rotatable bonds is 4. The minimum absolute atomic E-state index is 0.0648. The molecule has 0 saturated heterocycles. The highest BCUT2D eigenvalue weighted by molar-refractivity contribution is 5.92. The monoisotopic (exact) mass is 392 g/mol. The number of benzene rings is 2. The SMILES string of the molecule is CCOC(=O)c1nn(-c2ccc(OC(F)(F)F)cc2)c2ccc(C)cc2c1=O.